The molecule has 0 radical (unpaired) electrons. The summed E-state index contributed by atoms with van der Waals surface area (Å²) in [5, 5.41) is 1.02. The maximum Gasteiger partial charge on any atom is 0.238 e. The molecule has 1 aromatic rings. The molecule has 1 aliphatic rings. The molecule has 1 aromatic carbocycles. The van der Waals surface area contributed by atoms with Gasteiger partial charge < -0.3 is 0 Å². The summed E-state index contributed by atoms with van der Waals surface area (Å²) in [7, 11) is 1.89. The van der Waals surface area contributed by atoms with Crippen molar-refractivity contribution in [1.29, 1.82) is 0 Å². The van der Waals surface area contributed by atoms with Gasteiger partial charge in [-0.15, -0.1) is 0 Å². The number of rotatable bonds is 3. The van der Waals surface area contributed by atoms with Crippen molar-refractivity contribution < 1.29 is 8.42 Å². The van der Waals surface area contributed by atoms with Crippen LogP contribution in [0.5, 0.6) is 0 Å². The third kappa shape index (κ3) is 2.33. The second kappa shape index (κ2) is 4.05. The van der Waals surface area contributed by atoms with E-state index in [1.54, 1.807) is 18.2 Å². The Labute approximate surface area is 109 Å². The van der Waals surface area contributed by atoms with E-state index in [4.69, 9.17) is 33.9 Å². The Morgan fingerprint density at radius 3 is 2.31 bits per heavy atom. The molecular weight excluding hydrogens is 291 g/mol. The van der Waals surface area contributed by atoms with Crippen LogP contribution in [0.15, 0.2) is 18.2 Å². The summed E-state index contributed by atoms with van der Waals surface area (Å²) in [5.74, 6) is 0. The fourth-order valence-corrected chi connectivity index (χ4v) is 3.68. The molecule has 0 saturated heterocycles. The van der Waals surface area contributed by atoms with Crippen molar-refractivity contribution in [1.82, 2.24) is 0 Å². The molecule has 1 saturated carbocycles. The SMILES string of the molecule is O=S(=O)(Cl)C1(Cc2ccc(Cl)cc2Cl)CC1. The van der Waals surface area contributed by atoms with E-state index < -0.39 is 13.8 Å². The highest BCUT2D eigenvalue weighted by molar-refractivity contribution is 8.15. The van der Waals surface area contributed by atoms with Gasteiger partial charge in [0.2, 0.25) is 9.05 Å². The minimum absolute atomic E-state index is 0.356. The van der Waals surface area contributed by atoms with Gasteiger partial charge in [-0.3, -0.25) is 0 Å². The second-order valence-electron chi connectivity index (χ2n) is 4.03. The maximum absolute atomic E-state index is 11.4. The molecule has 1 fully saturated rings. The molecule has 2 rings (SSSR count). The van der Waals surface area contributed by atoms with Gasteiger partial charge in [-0.05, 0) is 37.0 Å². The molecule has 0 heterocycles. The van der Waals surface area contributed by atoms with Gasteiger partial charge in [0.1, 0.15) is 0 Å². The summed E-state index contributed by atoms with van der Waals surface area (Å²) < 4.78 is 22.0. The molecule has 0 amide bonds. The highest BCUT2D eigenvalue weighted by atomic mass is 35.7. The summed E-state index contributed by atoms with van der Waals surface area (Å²) >= 11 is 11.8. The van der Waals surface area contributed by atoms with Gasteiger partial charge in [-0.2, -0.15) is 0 Å². The molecule has 88 valence electrons. The first kappa shape index (κ1) is 12.5. The van der Waals surface area contributed by atoms with E-state index in [0.29, 0.717) is 29.3 Å². The topological polar surface area (TPSA) is 34.1 Å². The molecule has 0 N–H and O–H groups in total. The van der Waals surface area contributed by atoms with E-state index in [9.17, 15) is 8.42 Å². The minimum atomic E-state index is -3.54. The molecule has 1 aliphatic carbocycles. The predicted octanol–water partition coefficient (Wildman–Crippen LogP) is 3.64. The Morgan fingerprint density at radius 1 is 1.25 bits per heavy atom. The molecule has 0 spiro atoms. The van der Waals surface area contributed by atoms with Crippen LogP contribution < -0.4 is 0 Å². The fraction of sp³-hybridized carbons (Fsp3) is 0.400. The van der Waals surface area contributed by atoms with E-state index in [0.717, 1.165) is 5.56 Å². The van der Waals surface area contributed by atoms with E-state index in [1.165, 1.54) is 0 Å². The van der Waals surface area contributed by atoms with Gasteiger partial charge in [-0.1, -0.05) is 29.3 Å². The Kier molecular flexibility index (Phi) is 3.17. The average molecular weight is 300 g/mol. The van der Waals surface area contributed by atoms with Crippen LogP contribution in [0.4, 0.5) is 0 Å². The molecule has 0 unspecified atom stereocenters. The van der Waals surface area contributed by atoms with Crippen LogP contribution in [0.25, 0.3) is 0 Å². The van der Waals surface area contributed by atoms with Gasteiger partial charge >= 0.3 is 0 Å². The van der Waals surface area contributed by atoms with Crippen molar-refractivity contribution >= 4 is 42.9 Å². The van der Waals surface area contributed by atoms with Crippen molar-refractivity contribution in [2.45, 2.75) is 24.0 Å². The van der Waals surface area contributed by atoms with Gasteiger partial charge in [-0.25, -0.2) is 8.42 Å². The van der Waals surface area contributed by atoms with E-state index in [1.807, 2.05) is 0 Å². The van der Waals surface area contributed by atoms with Crippen molar-refractivity contribution in [3.8, 4) is 0 Å². The standard InChI is InChI=1S/C10H9Cl3O2S/c11-8-2-1-7(9(12)5-8)6-10(3-4-10)16(13,14)15/h1-2,5H,3-4,6H2. The molecule has 6 heteroatoms. The normalized spacial score (nSPS) is 18.4. The Hall–Kier alpha value is 0.0400. The third-order valence-corrected chi connectivity index (χ3v) is 6.01. The summed E-state index contributed by atoms with van der Waals surface area (Å²) in [4.78, 5) is 0. The van der Waals surface area contributed by atoms with Gasteiger partial charge in [0.05, 0.1) is 4.75 Å². The lowest BCUT2D eigenvalue weighted by Crippen LogP contribution is -2.21. The maximum atomic E-state index is 11.4. The summed E-state index contributed by atoms with van der Waals surface area (Å²) in [6.45, 7) is 0. The number of hydrogen-bond donors (Lipinski definition) is 0. The average Bonchev–Trinajstić information content (AvgIpc) is 2.90. The largest absolute Gasteiger partial charge is 0.238 e. The van der Waals surface area contributed by atoms with Crippen LogP contribution in [-0.2, 0) is 15.5 Å². The zero-order chi connectivity index (χ0) is 12.0. The first-order valence-electron chi connectivity index (χ1n) is 4.72. The van der Waals surface area contributed by atoms with Crippen LogP contribution in [0.3, 0.4) is 0 Å². The van der Waals surface area contributed by atoms with Gasteiger partial charge in [0.25, 0.3) is 0 Å². The van der Waals surface area contributed by atoms with Gasteiger partial charge in [0.15, 0.2) is 0 Å². The first-order valence-corrected chi connectivity index (χ1v) is 7.79. The Bertz CT molecular complexity index is 521. The van der Waals surface area contributed by atoms with E-state index in [-0.39, 0.29) is 0 Å². The quantitative estimate of drug-likeness (QED) is 0.799. The zero-order valence-electron chi connectivity index (χ0n) is 8.21. The summed E-state index contributed by atoms with van der Waals surface area (Å²) in [5.41, 5.74) is 0.771. The lowest BCUT2D eigenvalue weighted by Gasteiger charge is -2.12. The lowest BCUT2D eigenvalue weighted by atomic mass is 10.1. The van der Waals surface area contributed by atoms with Crippen molar-refractivity contribution in [3.05, 3.63) is 33.8 Å². The number of halogens is 3. The highest BCUT2D eigenvalue weighted by Crippen LogP contribution is 2.48. The fourth-order valence-electron chi connectivity index (χ4n) is 1.66. The molecule has 0 aliphatic heterocycles. The lowest BCUT2D eigenvalue weighted by molar-refractivity contribution is 0.590. The van der Waals surface area contributed by atoms with Crippen LogP contribution in [0.2, 0.25) is 10.0 Å². The van der Waals surface area contributed by atoms with Crippen LogP contribution in [0.1, 0.15) is 18.4 Å². The van der Waals surface area contributed by atoms with Crippen LogP contribution >= 0.6 is 33.9 Å². The monoisotopic (exact) mass is 298 g/mol. The Balaban J connectivity index is 2.29. The van der Waals surface area contributed by atoms with Gasteiger partial charge in [0, 0.05) is 20.7 Å². The molecule has 2 nitrogen and oxygen atoms in total. The number of benzene rings is 1. The third-order valence-electron chi connectivity index (χ3n) is 2.85. The van der Waals surface area contributed by atoms with Crippen molar-refractivity contribution in [2.75, 3.05) is 0 Å². The van der Waals surface area contributed by atoms with E-state index in [2.05, 4.69) is 0 Å². The number of hydrogen-bond acceptors (Lipinski definition) is 2. The molecule has 0 atom stereocenters. The summed E-state index contributed by atoms with van der Waals surface area (Å²) in [6, 6.07) is 5.04. The van der Waals surface area contributed by atoms with Crippen LogP contribution in [-0.4, -0.2) is 13.2 Å². The molecule has 0 bridgehead atoms. The van der Waals surface area contributed by atoms with Crippen LogP contribution in [0, 0.1) is 0 Å². The highest BCUT2D eigenvalue weighted by Gasteiger charge is 2.53. The molecular formula is C10H9Cl3O2S. The zero-order valence-corrected chi connectivity index (χ0v) is 11.3. The molecule has 16 heavy (non-hydrogen) atoms. The smallest absolute Gasteiger partial charge is 0.212 e. The van der Waals surface area contributed by atoms with E-state index >= 15 is 0 Å². The van der Waals surface area contributed by atoms with Crippen molar-refractivity contribution in [3.63, 3.8) is 0 Å². The second-order valence-corrected chi connectivity index (χ2v) is 7.84. The summed E-state index contributed by atoms with van der Waals surface area (Å²) in [6.07, 6.45) is 1.55. The Morgan fingerprint density at radius 2 is 1.88 bits per heavy atom. The minimum Gasteiger partial charge on any atom is -0.212 e. The predicted molar refractivity (Wildman–Crippen MR) is 66.9 cm³/mol. The molecule has 0 aromatic heterocycles. The van der Waals surface area contributed by atoms with Crippen molar-refractivity contribution in [2.24, 2.45) is 0 Å². The first-order chi connectivity index (χ1) is 7.34.